The zero-order valence-corrected chi connectivity index (χ0v) is 7.67. The number of hydrogen-bond donors (Lipinski definition) is 1. The van der Waals surface area contributed by atoms with E-state index in [-0.39, 0.29) is 6.10 Å². The molecule has 0 aliphatic heterocycles. The highest BCUT2D eigenvalue weighted by atomic mass is 16.3. The Balaban J connectivity index is 2.07. The molecule has 11 heavy (non-hydrogen) atoms. The predicted molar refractivity (Wildman–Crippen MR) is 45.2 cm³/mol. The fraction of sp³-hybridized carbons (Fsp3) is 1.00. The molecular formula is C10H18O. The maximum absolute atomic E-state index is 9.61. The molecule has 2 aliphatic rings. The van der Waals surface area contributed by atoms with E-state index in [0.717, 1.165) is 18.3 Å². The van der Waals surface area contributed by atoms with Gasteiger partial charge >= 0.3 is 0 Å². The highest BCUT2D eigenvalue weighted by Gasteiger charge is 2.60. The fourth-order valence-electron chi connectivity index (χ4n) is 2.84. The largest absolute Gasteiger partial charge is 0.393 e. The molecule has 1 nitrogen and oxygen atoms in total. The molecule has 0 bridgehead atoms. The molecule has 4 atom stereocenters. The topological polar surface area (TPSA) is 20.2 Å². The summed E-state index contributed by atoms with van der Waals surface area (Å²) in [5.41, 5.74) is 0.547. The molecule has 0 spiro atoms. The average Bonchev–Trinajstić information content (AvgIpc) is 2.39. The number of rotatable bonds is 0. The Labute approximate surface area is 68.8 Å². The predicted octanol–water partition coefficient (Wildman–Crippen LogP) is 2.05. The van der Waals surface area contributed by atoms with Crippen LogP contribution in [0.4, 0.5) is 0 Å². The van der Waals surface area contributed by atoms with Gasteiger partial charge in [-0.1, -0.05) is 20.8 Å². The van der Waals surface area contributed by atoms with Gasteiger partial charge < -0.3 is 5.11 Å². The third kappa shape index (κ3) is 0.936. The van der Waals surface area contributed by atoms with E-state index >= 15 is 0 Å². The lowest BCUT2D eigenvalue weighted by atomic mass is 9.88. The summed E-state index contributed by atoms with van der Waals surface area (Å²) in [4.78, 5) is 0. The molecule has 0 heterocycles. The zero-order chi connectivity index (χ0) is 8.22. The lowest BCUT2D eigenvalue weighted by molar-refractivity contribution is 0.0745. The van der Waals surface area contributed by atoms with Gasteiger partial charge in [-0.05, 0) is 36.0 Å². The van der Waals surface area contributed by atoms with E-state index in [2.05, 4.69) is 20.8 Å². The van der Waals surface area contributed by atoms with Gasteiger partial charge in [0, 0.05) is 0 Å². The standard InChI is InChI=1S/C10H18O/c1-6-4-7-8(5-9(6)11)10(7,2)3/h6-9,11H,4-5H2,1-3H3/t6-,7-,8-,9-/m1/s1. The lowest BCUT2D eigenvalue weighted by Crippen LogP contribution is -2.22. The van der Waals surface area contributed by atoms with Crippen molar-refractivity contribution in [2.24, 2.45) is 23.2 Å². The molecule has 0 aromatic rings. The summed E-state index contributed by atoms with van der Waals surface area (Å²) in [7, 11) is 0. The molecule has 1 N–H and O–H groups in total. The highest BCUT2D eigenvalue weighted by molar-refractivity contribution is 5.08. The van der Waals surface area contributed by atoms with Crippen molar-refractivity contribution < 1.29 is 5.11 Å². The summed E-state index contributed by atoms with van der Waals surface area (Å²) in [6.45, 7) is 6.86. The van der Waals surface area contributed by atoms with E-state index in [1.807, 2.05) is 0 Å². The third-order valence-electron chi connectivity index (χ3n) is 4.07. The minimum absolute atomic E-state index is 0.0157. The summed E-state index contributed by atoms with van der Waals surface area (Å²) in [6.07, 6.45) is 2.29. The Hall–Kier alpha value is -0.0400. The molecule has 0 amide bonds. The van der Waals surface area contributed by atoms with Gasteiger partial charge in [0.15, 0.2) is 0 Å². The van der Waals surface area contributed by atoms with Crippen LogP contribution in [0.5, 0.6) is 0 Å². The summed E-state index contributed by atoms with van der Waals surface area (Å²) in [6, 6.07) is 0. The van der Waals surface area contributed by atoms with Crippen molar-refractivity contribution in [2.75, 3.05) is 0 Å². The Morgan fingerprint density at radius 2 is 1.73 bits per heavy atom. The Kier molecular flexibility index (Phi) is 1.39. The smallest absolute Gasteiger partial charge is 0.0568 e. The maximum Gasteiger partial charge on any atom is 0.0568 e. The lowest BCUT2D eigenvalue weighted by Gasteiger charge is -2.22. The van der Waals surface area contributed by atoms with Crippen LogP contribution in [0.15, 0.2) is 0 Å². The van der Waals surface area contributed by atoms with Gasteiger partial charge in [0.05, 0.1) is 6.10 Å². The van der Waals surface area contributed by atoms with Crippen molar-refractivity contribution in [1.82, 2.24) is 0 Å². The molecule has 1 heteroatoms. The third-order valence-corrected chi connectivity index (χ3v) is 4.07. The molecule has 2 aliphatic carbocycles. The minimum atomic E-state index is -0.0157. The first-order valence-corrected chi connectivity index (χ1v) is 4.71. The van der Waals surface area contributed by atoms with E-state index in [0.29, 0.717) is 11.3 Å². The van der Waals surface area contributed by atoms with E-state index in [4.69, 9.17) is 0 Å². The molecule has 2 saturated carbocycles. The average molecular weight is 154 g/mol. The van der Waals surface area contributed by atoms with Gasteiger partial charge in [-0.15, -0.1) is 0 Å². The minimum Gasteiger partial charge on any atom is -0.393 e. The Morgan fingerprint density at radius 3 is 2.27 bits per heavy atom. The second kappa shape index (κ2) is 2.01. The van der Waals surface area contributed by atoms with Crippen LogP contribution in [0.1, 0.15) is 33.6 Å². The Bertz CT molecular complexity index is 156. The first kappa shape index (κ1) is 7.60. The van der Waals surface area contributed by atoms with Gasteiger partial charge in [0.25, 0.3) is 0 Å². The second-order valence-corrected chi connectivity index (χ2v) is 5.05. The van der Waals surface area contributed by atoms with Gasteiger partial charge in [0.1, 0.15) is 0 Å². The van der Waals surface area contributed by atoms with Gasteiger partial charge in [-0.25, -0.2) is 0 Å². The molecule has 0 aromatic carbocycles. The highest BCUT2D eigenvalue weighted by Crippen LogP contribution is 2.65. The maximum atomic E-state index is 9.61. The molecular weight excluding hydrogens is 136 g/mol. The second-order valence-electron chi connectivity index (χ2n) is 5.05. The summed E-state index contributed by atoms with van der Waals surface area (Å²) in [5, 5.41) is 9.61. The van der Waals surface area contributed by atoms with Crippen LogP contribution in [0.25, 0.3) is 0 Å². The molecule has 0 unspecified atom stereocenters. The first-order valence-electron chi connectivity index (χ1n) is 4.71. The quantitative estimate of drug-likeness (QED) is 0.566. The van der Waals surface area contributed by atoms with Crippen LogP contribution in [0.3, 0.4) is 0 Å². The molecule has 0 radical (unpaired) electrons. The molecule has 0 saturated heterocycles. The van der Waals surface area contributed by atoms with Crippen molar-refractivity contribution in [3.63, 3.8) is 0 Å². The van der Waals surface area contributed by atoms with Crippen molar-refractivity contribution >= 4 is 0 Å². The summed E-state index contributed by atoms with van der Waals surface area (Å²) >= 11 is 0. The molecule has 2 rings (SSSR count). The summed E-state index contributed by atoms with van der Waals surface area (Å²) in [5.74, 6) is 2.28. The van der Waals surface area contributed by atoms with Crippen LogP contribution in [0.2, 0.25) is 0 Å². The van der Waals surface area contributed by atoms with E-state index in [1.165, 1.54) is 6.42 Å². The first-order chi connectivity index (χ1) is 5.03. The molecule has 0 aromatic heterocycles. The van der Waals surface area contributed by atoms with E-state index in [9.17, 15) is 5.11 Å². The zero-order valence-electron chi connectivity index (χ0n) is 7.67. The Morgan fingerprint density at radius 1 is 1.18 bits per heavy atom. The van der Waals surface area contributed by atoms with Gasteiger partial charge in [0.2, 0.25) is 0 Å². The fourth-order valence-corrected chi connectivity index (χ4v) is 2.84. The van der Waals surface area contributed by atoms with Crippen molar-refractivity contribution in [3.05, 3.63) is 0 Å². The van der Waals surface area contributed by atoms with Crippen LogP contribution >= 0.6 is 0 Å². The SMILES string of the molecule is C[C@@H]1C[C@@H]2[C@@H](C[C@H]1O)C2(C)C. The number of aliphatic hydroxyl groups excluding tert-OH is 1. The number of aliphatic hydroxyl groups is 1. The van der Waals surface area contributed by atoms with E-state index < -0.39 is 0 Å². The van der Waals surface area contributed by atoms with Gasteiger partial charge in [-0.3, -0.25) is 0 Å². The van der Waals surface area contributed by atoms with Crippen molar-refractivity contribution in [1.29, 1.82) is 0 Å². The molecule has 64 valence electrons. The monoisotopic (exact) mass is 154 g/mol. The van der Waals surface area contributed by atoms with Crippen LogP contribution in [0, 0.1) is 23.2 Å². The normalized spacial score (nSPS) is 53.5. The van der Waals surface area contributed by atoms with Crippen LogP contribution in [-0.4, -0.2) is 11.2 Å². The van der Waals surface area contributed by atoms with E-state index in [1.54, 1.807) is 0 Å². The number of hydrogen-bond acceptors (Lipinski definition) is 1. The van der Waals surface area contributed by atoms with Crippen LogP contribution in [-0.2, 0) is 0 Å². The van der Waals surface area contributed by atoms with Crippen LogP contribution < -0.4 is 0 Å². The van der Waals surface area contributed by atoms with Crippen molar-refractivity contribution in [2.45, 2.75) is 39.7 Å². The van der Waals surface area contributed by atoms with Crippen molar-refractivity contribution in [3.8, 4) is 0 Å². The molecule has 2 fully saturated rings. The number of fused-ring (bicyclic) bond motifs is 1. The summed E-state index contributed by atoms with van der Waals surface area (Å²) < 4.78 is 0. The van der Waals surface area contributed by atoms with Gasteiger partial charge in [-0.2, -0.15) is 0 Å².